The van der Waals surface area contributed by atoms with Crippen molar-refractivity contribution >= 4 is 62.7 Å². The van der Waals surface area contributed by atoms with Crippen molar-refractivity contribution in [1.29, 1.82) is 0 Å². The zero-order chi connectivity index (χ0) is 23.0. The van der Waals surface area contributed by atoms with E-state index in [4.69, 9.17) is 23.2 Å². The molecule has 31 heavy (non-hydrogen) atoms. The van der Waals surface area contributed by atoms with Crippen LogP contribution >= 0.6 is 50.9 Å². The highest BCUT2D eigenvalue weighted by molar-refractivity contribution is 9.10. The van der Waals surface area contributed by atoms with E-state index in [1.165, 1.54) is 11.8 Å². The maximum absolute atomic E-state index is 13.2. The number of carbonyl (C=O) groups excluding carboxylic acids is 2. The number of hydrogen-bond acceptors (Lipinski definition) is 3. The van der Waals surface area contributed by atoms with Crippen molar-refractivity contribution in [2.75, 3.05) is 5.75 Å². The van der Waals surface area contributed by atoms with Crippen LogP contribution in [0.15, 0.2) is 46.9 Å². The molecule has 2 aromatic carbocycles. The van der Waals surface area contributed by atoms with Gasteiger partial charge in [0.2, 0.25) is 11.8 Å². The molecule has 0 bridgehead atoms. The summed E-state index contributed by atoms with van der Waals surface area (Å²) in [5.41, 5.74) is 1.97. The standard InChI is InChI=1S/C23H27BrCl2N2O2S/c1-4-21(23(30)27-15(2)3)28(12-17-7-10-19(25)20(26)11-17)22(29)14-31-13-16-5-8-18(24)9-6-16/h5-11,15,21H,4,12-14H2,1-3H3,(H,27,30)/t21-/m1/s1. The van der Waals surface area contributed by atoms with E-state index in [9.17, 15) is 9.59 Å². The molecule has 0 heterocycles. The van der Waals surface area contributed by atoms with Crippen molar-refractivity contribution in [3.63, 3.8) is 0 Å². The first-order valence-electron chi connectivity index (χ1n) is 10.1. The van der Waals surface area contributed by atoms with Crippen LogP contribution in [-0.2, 0) is 21.9 Å². The predicted molar refractivity (Wildman–Crippen MR) is 135 cm³/mol. The third kappa shape index (κ3) is 8.33. The molecule has 0 unspecified atom stereocenters. The molecule has 2 aromatic rings. The van der Waals surface area contributed by atoms with Gasteiger partial charge >= 0.3 is 0 Å². The summed E-state index contributed by atoms with van der Waals surface area (Å²) in [5, 5.41) is 3.81. The smallest absolute Gasteiger partial charge is 0.243 e. The monoisotopic (exact) mass is 544 g/mol. The van der Waals surface area contributed by atoms with E-state index in [0.29, 0.717) is 28.8 Å². The number of rotatable bonds is 10. The lowest BCUT2D eigenvalue weighted by molar-refractivity contribution is -0.139. The topological polar surface area (TPSA) is 49.4 Å². The Morgan fingerprint density at radius 1 is 1.06 bits per heavy atom. The fraction of sp³-hybridized carbons (Fsp3) is 0.391. The van der Waals surface area contributed by atoms with Crippen molar-refractivity contribution in [3.05, 3.63) is 68.1 Å². The molecule has 0 saturated heterocycles. The fourth-order valence-electron chi connectivity index (χ4n) is 3.05. The van der Waals surface area contributed by atoms with Crippen LogP contribution in [0.1, 0.15) is 38.3 Å². The van der Waals surface area contributed by atoms with E-state index in [1.807, 2.05) is 51.1 Å². The summed E-state index contributed by atoms with van der Waals surface area (Å²) in [6.45, 7) is 6.01. The van der Waals surface area contributed by atoms with Crippen LogP contribution in [0.5, 0.6) is 0 Å². The Hall–Kier alpha value is -1.21. The summed E-state index contributed by atoms with van der Waals surface area (Å²) >= 11 is 17.2. The molecular formula is C23H27BrCl2N2O2S. The molecule has 0 aliphatic heterocycles. The van der Waals surface area contributed by atoms with Gasteiger partial charge in [-0.1, -0.05) is 64.3 Å². The van der Waals surface area contributed by atoms with Crippen LogP contribution in [0.25, 0.3) is 0 Å². The van der Waals surface area contributed by atoms with Gasteiger partial charge in [-0.05, 0) is 55.7 Å². The van der Waals surface area contributed by atoms with Gasteiger partial charge in [-0.3, -0.25) is 9.59 Å². The molecule has 168 valence electrons. The van der Waals surface area contributed by atoms with Gasteiger partial charge in [-0.2, -0.15) is 0 Å². The first-order valence-corrected chi connectivity index (χ1v) is 12.8. The summed E-state index contributed by atoms with van der Waals surface area (Å²) in [7, 11) is 0. The van der Waals surface area contributed by atoms with Crippen molar-refractivity contribution in [2.24, 2.45) is 0 Å². The highest BCUT2D eigenvalue weighted by Crippen LogP contribution is 2.25. The summed E-state index contributed by atoms with van der Waals surface area (Å²) in [6, 6.07) is 12.7. The van der Waals surface area contributed by atoms with E-state index >= 15 is 0 Å². The average molecular weight is 546 g/mol. The minimum Gasteiger partial charge on any atom is -0.352 e. The van der Waals surface area contributed by atoms with Crippen LogP contribution in [0.3, 0.4) is 0 Å². The molecule has 2 amide bonds. The molecule has 0 fully saturated rings. The number of benzene rings is 2. The number of halogens is 3. The Morgan fingerprint density at radius 3 is 2.29 bits per heavy atom. The second-order valence-electron chi connectivity index (χ2n) is 7.48. The number of amides is 2. The second-order valence-corrected chi connectivity index (χ2v) is 10.2. The number of carbonyl (C=O) groups is 2. The normalized spacial score (nSPS) is 12.0. The van der Waals surface area contributed by atoms with Gasteiger partial charge in [0, 0.05) is 22.8 Å². The molecule has 4 nitrogen and oxygen atoms in total. The van der Waals surface area contributed by atoms with Gasteiger partial charge < -0.3 is 10.2 Å². The third-order valence-corrected chi connectivity index (χ3v) is 6.82. The van der Waals surface area contributed by atoms with Gasteiger partial charge in [-0.15, -0.1) is 11.8 Å². The van der Waals surface area contributed by atoms with Crippen molar-refractivity contribution in [3.8, 4) is 0 Å². The first-order chi connectivity index (χ1) is 14.7. The molecule has 0 saturated carbocycles. The van der Waals surface area contributed by atoms with Crippen LogP contribution in [0, 0.1) is 0 Å². The lowest BCUT2D eigenvalue weighted by atomic mass is 10.1. The van der Waals surface area contributed by atoms with E-state index in [-0.39, 0.29) is 23.6 Å². The zero-order valence-corrected chi connectivity index (χ0v) is 21.7. The van der Waals surface area contributed by atoms with Gasteiger partial charge in [0.25, 0.3) is 0 Å². The number of nitrogens with zero attached hydrogens (tertiary/aromatic N) is 1. The summed E-state index contributed by atoms with van der Waals surface area (Å²) in [4.78, 5) is 27.6. The Kier molecular flexibility index (Phi) is 10.7. The molecule has 8 heteroatoms. The van der Waals surface area contributed by atoms with Gasteiger partial charge in [0.15, 0.2) is 0 Å². The molecule has 0 aliphatic carbocycles. The van der Waals surface area contributed by atoms with Gasteiger partial charge in [0.05, 0.1) is 15.8 Å². The maximum Gasteiger partial charge on any atom is 0.243 e. The fourth-order valence-corrected chi connectivity index (χ4v) is 4.51. The molecule has 1 atom stereocenters. The second kappa shape index (κ2) is 12.7. The summed E-state index contributed by atoms with van der Waals surface area (Å²) in [5.74, 6) is 0.764. The maximum atomic E-state index is 13.2. The minimum absolute atomic E-state index is 0.00439. The van der Waals surface area contributed by atoms with Crippen molar-refractivity contribution in [2.45, 2.75) is 51.6 Å². The molecule has 0 aromatic heterocycles. The van der Waals surface area contributed by atoms with Crippen molar-refractivity contribution in [1.82, 2.24) is 10.2 Å². The molecule has 0 aliphatic rings. The van der Waals surface area contributed by atoms with Gasteiger partial charge in [-0.25, -0.2) is 0 Å². The number of thioether (sulfide) groups is 1. The minimum atomic E-state index is -0.558. The zero-order valence-electron chi connectivity index (χ0n) is 17.8. The lowest BCUT2D eigenvalue weighted by Crippen LogP contribution is -2.50. The Labute approximate surface area is 207 Å². The van der Waals surface area contributed by atoms with Crippen LogP contribution in [0.2, 0.25) is 10.0 Å². The van der Waals surface area contributed by atoms with E-state index < -0.39 is 6.04 Å². The Morgan fingerprint density at radius 2 is 1.71 bits per heavy atom. The quantitative estimate of drug-likeness (QED) is 0.380. The van der Waals surface area contributed by atoms with Crippen LogP contribution in [-0.4, -0.2) is 34.6 Å². The van der Waals surface area contributed by atoms with Crippen LogP contribution < -0.4 is 5.32 Å². The molecule has 2 rings (SSSR count). The Bertz CT molecular complexity index is 894. The number of nitrogens with one attached hydrogen (secondary N) is 1. The summed E-state index contributed by atoms with van der Waals surface area (Å²) in [6.07, 6.45) is 0.517. The first kappa shape index (κ1) is 26.0. The number of hydrogen-bond donors (Lipinski definition) is 1. The van der Waals surface area contributed by atoms with Gasteiger partial charge in [0.1, 0.15) is 6.04 Å². The molecular weight excluding hydrogens is 519 g/mol. The van der Waals surface area contributed by atoms with Crippen LogP contribution in [0.4, 0.5) is 0 Å². The van der Waals surface area contributed by atoms with E-state index in [0.717, 1.165) is 15.6 Å². The predicted octanol–water partition coefficient (Wildman–Crippen LogP) is 6.32. The van der Waals surface area contributed by atoms with E-state index in [1.54, 1.807) is 17.0 Å². The molecule has 1 N–H and O–H groups in total. The summed E-state index contributed by atoms with van der Waals surface area (Å²) < 4.78 is 1.02. The largest absolute Gasteiger partial charge is 0.352 e. The SMILES string of the molecule is CC[C@H](C(=O)NC(C)C)N(Cc1ccc(Cl)c(Cl)c1)C(=O)CSCc1ccc(Br)cc1. The third-order valence-electron chi connectivity index (χ3n) is 4.56. The Balaban J connectivity index is 2.15. The molecule has 0 radical (unpaired) electrons. The highest BCUT2D eigenvalue weighted by atomic mass is 79.9. The lowest BCUT2D eigenvalue weighted by Gasteiger charge is -2.31. The van der Waals surface area contributed by atoms with E-state index in [2.05, 4.69) is 21.2 Å². The van der Waals surface area contributed by atoms with Crippen molar-refractivity contribution < 1.29 is 9.59 Å². The molecule has 0 spiro atoms. The highest BCUT2D eigenvalue weighted by Gasteiger charge is 2.29. The average Bonchev–Trinajstić information content (AvgIpc) is 2.71.